The standard InChI is InChI=1S/C15H34N2O2/c1-13(2)11-19-12-15(18)10-16-8-6-7-9-17(5)14(3)4/h13-16,18H,6-12H2,1-5H3. The SMILES string of the molecule is CC(C)COCC(O)CNCCCCN(C)C(C)C. The lowest BCUT2D eigenvalue weighted by molar-refractivity contribution is 0.0262. The van der Waals surface area contributed by atoms with Crippen molar-refractivity contribution in [1.82, 2.24) is 10.2 Å². The fraction of sp³-hybridized carbons (Fsp3) is 1.00. The van der Waals surface area contributed by atoms with Crippen molar-refractivity contribution in [2.45, 2.75) is 52.7 Å². The lowest BCUT2D eigenvalue weighted by Crippen LogP contribution is -2.32. The van der Waals surface area contributed by atoms with E-state index in [2.05, 4.69) is 45.0 Å². The Morgan fingerprint density at radius 1 is 1.11 bits per heavy atom. The van der Waals surface area contributed by atoms with Crippen molar-refractivity contribution in [2.75, 3.05) is 39.9 Å². The van der Waals surface area contributed by atoms with E-state index >= 15 is 0 Å². The molecule has 116 valence electrons. The van der Waals surface area contributed by atoms with Gasteiger partial charge in [0.25, 0.3) is 0 Å². The molecule has 0 radical (unpaired) electrons. The van der Waals surface area contributed by atoms with Crippen LogP contribution in [0.2, 0.25) is 0 Å². The van der Waals surface area contributed by atoms with Crippen LogP contribution in [0.5, 0.6) is 0 Å². The third-order valence-electron chi connectivity index (χ3n) is 3.14. The average Bonchev–Trinajstić information content (AvgIpc) is 2.32. The van der Waals surface area contributed by atoms with E-state index in [9.17, 15) is 5.11 Å². The number of rotatable bonds is 12. The minimum atomic E-state index is -0.392. The maximum atomic E-state index is 9.68. The Morgan fingerprint density at radius 3 is 2.37 bits per heavy atom. The van der Waals surface area contributed by atoms with Gasteiger partial charge in [-0.3, -0.25) is 0 Å². The number of unbranched alkanes of at least 4 members (excludes halogenated alkanes) is 1. The average molecular weight is 274 g/mol. The molecule has 0 aliphatic heterocycles. The summed E-state index contributed by atoms with van der Waals surface area (Å²) in [5.41, 5.74) is 0. The van der Waals surface area contributed by atoms with Crippen LogP contribution in [-0.2, 0) is 4.74 Å². The predicted molar refractivity (Wildman–Crippen MR) is 81.5 cm³/mol. The van der Waals surface area contributed by atoms with Crippen LogP contribution in [0, 0.1) is 5.92 Å². The summed E-state index contributed by atoms with van der Waals surface area (Å²) < 4.78 is 5.40. The van der Waals surface area contributed by atoms with Crippen LogP contribution in [0.25, 0.3) is 0 Å². The second kappa shape index (κ2) is 11.6. The van der Waals surface area contributed by atoms with Crippen LogP contribution in [0.15, 0.2) is 0 Å². The molecule has 0 fully saturated rings. The van der Waals surface area contributed by atoms with Gasteiger partial charge in [0, 0.05) is 19.2 Å². The van der Waals surface area contributed by atoms with Crippen molar-refractivity contribution in [1.29, 1.82) is 0 Å². The van der Waals surface area contributed by atoms with Crippen molar-refractivity contribution in [2.24, 2.45) is 5.92 Å². The Bertz CT molecular complexity index is 199. The van der Waals surface area contributed by atoms with E-state index in [1.54, 1.807) is 0 Å². The highest BCUT2D eigenvalue weighted by molar-refractivity contribution is 4.61. The van der Waals surface area contributed by atoms with E-state index in [1.165, 1.54) is 6.42 Å². The fourth-order valence-electron chi connectivity index (χ4n) is 1.64. The summed E-state index contributed by atoms with van der Waals surface area (Å²) in [5.74, 6) is 0.526. The molecule has 1 unspecified atom stereocenters. The largest absolute Gasteiger partial charge is 0.389 e. The first-order chi connectivity index (χ1) is 8.93. The van der Waals surface area contributed by atoms with Crippen molar-refractivity contribution in [3.63, 3.8) is 0 Å². The number of nitrogens with one attached hydrogen (secondary N) is 1. The van der Waals surface area contributed by atoms with Crippen molar-refractivity contribution >= 4 is 0 Å². The zero-order valence-electron chi connectivity index (χ0n) is 13.5. The fourth-order valence-corrected chi connectivity index (χ4v) is 1.64. The number of nitrogens with zero attached hydrogens (tertiary/aromatic N) is 1. The third-order valence-corrected chi connectivity index (χ3v) is 3.14. The highest BCUT2D eigenvalue weighted by atomic mass is 16.5. The Labute approximate surface area is 119 Å². The molecule has 0 rings (SSSR count). The molecular formula is C15H34N2O2. The molecule has 1 atom stereocenters. The molecule has 0 saturated heterocycles. The second-order valence-corrected chi connectivity index (χ2v) is 6.07. The summed E-state index contributed by atoms with van der Waals surface area (Å²) in [6, 6.07) is 0.618. The number of hydrogen-bond donors (Lipinski definition) is 2. The molecule has 0 aromatic heterocycles. The van der Waals surface area contributed by atoms with Gasteiger partial charge in [0.1, 0.15) is 0 Å². The Morgan fingerprint density at radius 2 is 1.79 bits per heavy atom. The first-order valence-corrected chi connectivity index (χ1v) is 7.60. The van der Waals surface area contributed by atoms with Gasteiger partial charge >= 0.3 is 0 Å². The minimum absolute atomic E-state index is 0.392. The normalized spacial score (nSPS) is 13.7. The number of aliphatic hydroxyl groups excluding tert-OH is 1. The molecule has 0 saturated carbocycles. The number of hydrogen-bond acceptors (Lipinski definition) is 4. The van der Waals surface area contributed by atoms with Crippen LogP contribution in [0.3, 0.4) is 0 Å². The minimum Gasteiger partial charge on any atom is -0.389 e. The van der Waals surface area contributed by atoms with Gasteiger partial charge in [-0.1, -0.05) is 13.8 Å². The zero-order chi connectivity index (χ0) is 14.7. The lowest BCUT2D eigenvalue weighted by atomic mass is 10.2. The Hall–Kier alpha value is -0.160. The first kappa shape index (κ1) is 18.8. The zero-order valence-corrected chi connectivity index (χ0v) is 13.5. The molecule has 4 heteroatoms. The van der Waals surface area contributed by atoms with Gasteiger partial charge in [-0.25, -0.2) is 0 Å². The van der Waals surface area contributed by atoms with Gasteiger partial charge in [0.2, 0.25) is 0 Å². The summed E-state index contributed by atoms with van der Waals surface area (Å²) in [6.45, 7) is 12.5. The lowest BCUT2D eigenvalue weighted by Gasteiger charge is -2.20. The second-order valence-electron chi connectivity index (χ2n) is 6.07. The maximum Gasteiger partial charge on any atom is 0.0897 e. The van der Waals surface area contributed by atoms with E-state index in [-0.39, 0.29) is 0 Å². The topological polar surface area (TPSA) is 44.7 Å². The molecule has 0 heterocycles. The van der Waals surface area contributed by atoms with Crippen LogP contribution in [0.1, 0.15) is 40.5 Å². The molecule has 2 N–H and O–H groups in total. The summed E-state index contributed by atoms with van der Waals surface area (Å²) in [7, 11) is 2.16. The number of aliphatic hydroxyl groups is 1. The van der Waals surface area contributed by atoms with E-state index in [0.717, 1.165) is 26.1 Å². The van der Waals surface area contributed by atoms with Crippen molar-refractivity contribution < 1.29 is 9.84 Å². The van der Waals surface area contributed by atoms with Crippen LogP contribution in [0.4, 0.5) is 0 Å². The van der Waals surface area contributed by atoms with E-state index in [0.29, 0.717) is 25.1 Å². The summed E-state index contributed by atoms with van der Waals surface area (Å²) in [5, 5.41) is 13.0. The summed E-state index contributed by atoms with van der Waals surface area (Å²) in [4.78, 5) is 2.36. The Kier molecular flexibility index (Phi) is 11.6. The molecule has 19 heavy (non-hydrogen) atoms. The Balaban J connectivity index is 3.29. The predicted octanol–water partition coefficient (Wildman–Crippen LogP) is 1.73. The molecule has 0 spiro atoms. The monoisotopic (exact) mass is 274 g/mol. The van der Waals surface area contributed by atoms with Gasteiger partial charge in [-0.05, 0) is 52.7 Å². The molecule has 0 aliphatic rings. The van der Waals surface area contributed by atoms with Crippen molar-refractivity contribution in [3.05, 3.63) is 0 Å². The van der Waals surface area contributed by atoms with Gasteiger partial charge in [-0.2, -0.15) is 0 Å². The van der Waals surface area contributed by atoms with E-state index in [4.69, 9.17) is 4.74 Å². The highest BCUT2D eigenvalue weighted by Crippen LogP contribution is 1.97. The molecule has 4 nitrogen and oxygen atoms in total. The third kappa shape index (κ3) is 12.6. The van der Waals surface area contributed by atoms with Gasteiger partial charge in [-0.15, -0.1) is 0 Å². The molecule has 0 bridgehead atoms. The maximum absolute atomic E-state index is 9.68. The van der Waals surface area contributed by atoms with Crippen LogP contribution < -0.4 is 5.32 Å². The first-order valence-electron chi connectivity index (χ1n) is 7.60. The van der Waals surface area contributed by atoms with Gasteiger partial charge in [0.15, 0.2) is 0 Å². The molecule has 0 aromatic carbocycles. The van der Waals surface area contributed by atoms with E-state index < -0.39 is 6.10 Å². The molecule has 0 aromatic rings. The quantitative estimate of drug-likeness (QED) is 0.532. The summed E-state index contributed by atoms with van der Waals surface area (Å²) >= 11 is 0. The van der Waals surface area contributed by atoms with Gasteiger partial charge in [0.05, 0.1) is 12.7 Å². The molecular weight excluding hydrogens is 240 g/mol. The highest BCUT2D eigenvalue weighted by Gasteiger charge is 2.05. The molecule has 0 aliphatic carbocycles. The van der Waals surface area contributed by atoms with Crippen molar-refractivity contribution in [3.8, 4) is 0 Å². The van der Waals surface area contributed by atoms with Gasteiger partial charge < -0.3 is 20.1 Å². The van der Waals surface area contributed by atoms with Crippen LogP contribution >= 0.6 is 0 Å². The van der Waals surface area contributed by atoms with Crippen LogP contribution in [-0.4, -0.2) is 62.0 Å². The molecule has 0 amide bonds. The van der Waals surface area contributed by atoms with E-state index in [1.807, 2.05) is 0 Å². The number of ether oxygens (including phenoxy) is 1. The summed E-state index contributed by atoms with van der Waals surface area (Å²) in [6.07, 6.45) is 1.95. The smallest absolute Gasteiger partial charge is 0.0897 e.